The summed E-state index contributed by atoms with van der Waals surface area (Å²) >= 11 is 1.65. The fraction of sp³-hybridized carbons (Fsp3) is 0.286. The number of thiazole rings is 1. The SMILES string of the molecule is Cc1ccc(N(C)Cc2scnc2C)c(C(=N)N)c1. The Morgan fingerprint density at radius 2 is 2.16 bits per heavy atom. The summed E-state index contributed by atoms with van der Waals surface area (Å²) in [4.78, 5) is 7.60. The molecule has 0 amide bonds. The molecule has 5 heteroatoms. The van der Waals surface area contributed by atoms with E-state index < -0.39 is 0 Å². The minimum Gasteiger partial charge on any atom is -0.384 e. The molecule has 0 saturated carbocycles. The van der Waals surface area contributed by atoms with Crippen molar-refractivity contribution in [2.75, 3.05) is 11.9 Å². The molecule has 0 atom stereocenters. The first-order valence-corrected chi connectivity index (χ1v) is 6.92. The van der Waals surface area contributed by atoms with Crippen LogP contribution in [0.5, 0.6) is 0 Å². The molecule has 0 radical (unpaired) electrons. The van der Waals surface area contributed by atoms with Gasteiger partial charge in [-0.2, -0.15) is 0 Å². The Balaban J connectivity index is 2.31. The van der Waals surface area contributed by atoms with Crippen molar-refractivity contribution in [1.82, 2.24) is 4.98 Å². The van der Waals surface area contributed by atoms with Crippen molar-refractivity contribution < 1.29 is 0 Å². The van der Waals surface area contributed by atoms with E-state index in [0.29, 0.717) is 0 Å². The summed E-state index contributed by atoms with van der Waals surface area (Å²) in [5, 5.41) is 7.70. The number of amidine groups is 1. The molecule has 0 saturated heterocycles. The quantitative estimate of drug-likeness (QED) is 0.665. The topological polar surface area (TPSA) is 66.0 Å². The average Bonchev–Trinajstić information content (AvgIpc) is 2.74. The zero-order valence-corrected chi connectivity index (χ0v) is 12.2. The zero-order valence-electron chi connectivity index (χ0n) is 11.4. The average molecular weight is 274 g/mol. The number of nitrogens with zero attached hydrogens (tertiary/aromatic N) is 2. The third kappa shape index (κ3) is 2.93. The maximum atomic E-state index is 7.70. The summed E-state index contributed by atoms with van der Waals surface area (Å²) < 4.78 is 0. The van der Waals surface area contributed by atoms with E-state index in [1.54, 1.807) is 11.3 Å². The molecule has 4 nitrogen and oxygen atoms in total. The molecule has 0 bridgehead atoms. The van der Waals surface area contributed by atoms with Gasteiger partial charge < -0.3 is 10.6 Å². The van der Waals surface area contributed by atoms with Gasteiger partial charge >= 0.3 is 0 Å². The first kappa shape index (κ1) is 13.5. The van der Waals surface area contributed by atoms with Gasteiger partial charge in [0, 0.05) is 23.2 Å². The Morgan fingerprint density at radius 3 is 2.74 bits per heavy atom. The van der Waals surface area contributed by atoms with Crippen molar-refractivity contribution in [1.29, 1.82) is 5.41 Å². The number of benzene rings is 1. The van der Waals surface area contributed by atoms with Gasteiger partial charge in [-0.1, -0.05) is 11.6 Å². The lowest BCUT2D eigenvalue weighted by Gasteiger charge is -2.22. The van der Waals surface area contributed by atoms with Crippen molar-refractivity contribution in [3.8, 4) is 0 Å². The number of anilines is 1. The number of aromatic nitrogens is 1. The highest BCUT2D eigenvalue weighted by atomic mass is 32.1. The molecule has 100 valence electrons. The molecule has 1 aromatic heterocycles. The highest BCUT2D eigenvalue weighted by Gasteiger charge is 2.12. The standard InChI is InChI=1S/C14H18N4S/c1-9-4-5-12(11(6-9)14(15)16)18(3)7-13-10(2)17-8-19-13/h4-6,8H,7H2,1-3H3,(H3,15,16). The van der Waals surface area contributed by atoms with E-state index in [4.69, 9.17) is 11.1 Å². The molecule has 0 spiro atoms. The van der Waals surface area contributed by atoms with E-state index in [1.165, 1.54) is 4.88 Å². The monoisotopic (exact) mass is 274 g/mol. The smallest absolute Gasteiger partial charge is 0.124 e. The van der Waals surface area contributed by atoms with Crippen LogP contribution in [-0.2, 0) is 6.54 Å². The van der Waals surface area contributed by atoms with Gasteiger partial charge in [-0.3, -0.25) is 5.41 Å². The Bertz CT molecular complexity index is 603. The van der Waals surface area contributed by atoms with Crippen LogP contribution in [0.4, 0.5) is 5.69 Å². The fourth-order valence-electron chi connectivity index (χ4n) is 1.98. The predicted molar refractivity (Wildman–Crippen MR) is 81.2 cm³/mol. The van der Waals surface area contributed by atoms with E-state index in [2.05, 4.69) is 9.88 Å². The van der Waals surface area contributed by atoms with Crippen molar-refractivity contribution in [2.24, 2.45) is 5.73 Å². The summed E-state index contributed by atoms with van der Waals surface area (Å²) in [6, 6.07) is 6.01. The second-order valence-corrected chi connectivity index (χ2v) is 5.59. The third-order valence-corrected chi connectivity index (χ3v) is 4.00. The van der Waals surface area contributed by atoms with Gasteiger partial charge in [0.1, 0.15) is 5.84 Å². The van der Waals surface area contributed by atoms with Crippen LogP contribution in [-0.4, -0.2) is 17.9 Å². The van der Waals surface area contributed by atoms with Crippen LogP contribution in [0.2, 0.25) is 0 Å². The Hall–Kier alpha value is -1.88. The molecule has 2 aromatic rings. The Morgan fingerprint density at radius 1 is 1.42 bits per heavy atom. The molecule has 3 N–H and O–H groups in total. The fourth-order valence-corrected chi connectivity index (χ4v) is 2.81. The summed E-state index contributed by atoms with van der Waals surface area (Å²) in [5.74, 6) is 0.103. The van der Waals surface area contributed by atoms with E-state index in [1.807, 2.05) is 44.6 Å². The van der Waals surface area contributed by atoms with Crippen LogP contribution < -0.4 is 10.6 Å². The minimum atomic E-state index is 0.103. The van der Waals surface area contributed by atoms with Gasteiger partial charge in [-0.05, 0) is 26.0 Å². The maximum absolute atomic E-state index is 7.70. The third-order valence-electron chi connectivity index (χ3n) is 3.08. The highest BCUT2D eigenvalue weighted by Crippen LogP contribution is 2.24. The van der Waals surface area contributed by atoms with Crippen LogP contribution in [0.3, 0.4) is 0 Å². The number of nitrogen functional groups attached to an aromatic ring is 1. The number of rotatable bonds is 4. The van der Waals surface area contributed by atoms with E-state index in [0.717, 1.165) is 29.1 Å². The lowest BCUT2D eigenvalue weighted by atomic mass is 10.1. The molecule has 0 aliphatic carbocycles. The molecule has 0 fully saturated rings. The van der Waals surface area contributed by atoms with Gasteiger partial charge in [0.15, 0.2) is 0 Å². The lowest BCUT2D eigenvalue weighted by Crippen LogP contribution is -2.22. The summed E-state index contributed by atoms with van der Waals surface area (Å²) in [6.07, 6.45) is 0. The van der Waals surface area contributed by atoms with Crippen LogP contribution in [0.25, 0.3) is 0 Å². The maximum Gasteiger partial charge on any atom is 0.124 e. The van der Waals surface area contributed by atoms with Crippen LogP contribution in [0.1, 0.15) is 21.7 Å². The molecule has 0 unspecified atom stereocenters. The molecule has 2 rings (SSSR count). The highest BCUT2D eigenvalue weighted by molar-refractivity contribution is 7.09. The normalized spacial score (nSPS) is 10.5. The number of nitrogens with two attached hydrogens (primary N) is 1. The number of hydrogen-bond donors (Lipinski definition) is 2. The summed E-state index contributed by atoms with van der Waals surface area (Å²) in [7, 11) is 2.01. The lowest BCUT2D eigenvalue weighted by molar-refractivity contribution is 0.923. The van der Waals surface area contributed by atoms with E-state index in [9.17, 15) is 0 Å². The summed E-state index contributed by atoms with van der Waals surface area (Å²) in [5.41, 5.74) is 11.5. The Kier molecular flexibility index (Phi) is 3.85. The van der Waals surface area contributed by atoms with Gasteiger partial charge in [-0.15, -0.1) is 11.3 Å². The van der Waals surface area contributed by atoms with E-state index >= 15 is 0 Å². The number of hydrogen-bond acceptors (Lipinski definition) is 4. The second-order valence-electron chi connectivity index (χ2n) is 4.65. The van der Waals surface area contributed by atoms with Gasteiger partial charge in [-0.25, -0.2) is 4.98 Å². The van der Waals surface area contributed by atoms with Crippen LogP contribution in [0.15, 0.2) is 23.7 Å². The van der Waals surface area contributed by atoms with Crippen LogP contribution in [0, 0.1) is 19.3 Å². The number of aryl methyl sites for hydroxylation is 2. The van der Waals surface area contributed by atoms with Crippen molar-refractivity contribution >= 4 is 22.9 Å². The first-order chi connectivity index (χ1) is 8.99. The van der Waals surface area contributed by atoms with Crippen molar-refractivity contribution in [3.63, 3.8) is 0 Å². The Labute approximate surface area is 117 Å². The van der Waals surface area contributed by atoms with E-state index in [-0.39, 0.29) is 5.84 Å². The van der Waals surface area contributed by atoms with Gasteiger partial charge in [0.2, 0.25) is 0 Å². The predicted octanol–water partition coefficient (Wildman–Crippen LogP) is 2.68. The summed E-state index contributed by atoms with van der Waals surface area (Å²) in [6.45, 7) is 4.80. The molecule has 1 aromatic carbocycles. The van der Waals surface area contributed by atoms with Crippen LogP contribution >= 0.6 is 11.3 Å². The minimum absolute atomic E-state index is 0.103. The second kappa shape index (κ2) is 5.40. The molecular weight excluding hydrogens is 256 g/mol. The van der Waals surface area contributed by atoms with Gasteiger partial charge in [0.25, 0.3) is 0 Å². The largest absolute Gasteiger partial charge is 0.384 e. The van der Waals surface area contributed by atoms with Gasteiger partial charge in [0.05, 0.1) is 17.7 Å². The molecule has 0 aliphatic heterocycles. The first-order valence-electron chi connectivity index (χ1n) is 6.04. The molecule has 1 heterocycles. The zero-order chi connectivity index (χ0) is 14.0. The van der Waals surface area contributed by atoms with Crippen molar-refractivity contribution in [2.45, 2.75) is 20.4 Å². The molecular formula is C14H18N4S. The van der Waals surface area contributed by atoms with Crippen molar-refractivity contribution in [3.05, 3.63) is 45.4 Å². The molecule has 19 heavy (non-hydrogen) atoms. The number of nitrogens with one attached hydrogen (secondary N) is 1. The molecule has 0 aliphatic rings.